The molecule has 0 aliphatic carbocycles. The molecule has 0 saturated heterocycles. The van der Waals surface area contributed by atoms with Crippen LogP contribution in [0.1, 0.15) is 0 Å². The number of rotatable bonds is 5. The van der Waals surface area contributed by atoms with Crippen molar-refractivity contribution in [2.75, 3.05) is 0 Å². The van der Waals surface area contributed by atoms with E-state index in [-0.39, 0.29) is 0 Å². The molecule has 2 aromatic heterocycles. The van der Waals surface area contributed by atoms with Crippen LogP contribution in [0.5, 0.6) is 11.5 Å². The van der Waals surface area contributed by atoms with Crippen LogP contribution in [0.3, 0.4) is 0 Å². The molecule has 0 N–H and O–H groups in total. The first-order chi connectivity index (χ1) is 21.8. The van der Waals surface area contributed by atoms with E-state index in [2.05, 4.69) is 143 Å². The van der Waals surface area contributed by atoms with E-state index in [4.69, 9.17) is 4.74 Å². The Morgan fingerprint density at radius 3 is 1.57 bits per heavy atom. The van der Waals surface area contributed by atoms with Gasteiger partial charge in [0.2, 0.25) is 0 Å². The van der Waals surface area contributed by atoms with Gasteiger partial charge in [0.15, 0.2) is 8.07 Å². The number of para-hydroxylation sites is 2. The summed E-state index contributed by atoms with van der Waals surface area (Å²) in [6.45, 7) is 0. The lowest BCUT2D eigenvalue weighted by Gasteiger charge is -2.40. The third-order valence-electron chi connectivity index (χ3n) is 8.57. The number of benzene rings is 5. The molecule has 0 radical (unpaired) electrons. The molecule has 4 heteroatoms. The van der Waals surface area contributed by atoms with Gasteiger partial charge in [-0.15, -0.1) is 0 Å². The second kappa shape index (κ2) is 10.9. The first-order valence-corrected chi connectivity index (χ1v) is 16.8. The SMILES string of the molecule is c1ccc([Si]2(c3ccccc3)c3ccccc3Oc3c(-c4cc(-c5cccnc5)cc(-c5cccnc5)c4)cccc32)cc1. The van der Waals surface area contributed by atoms with Crippen LogP contribution in [0.4, 0.5) is 0 Å². The molecule has 5 aromatic carbocycles. The molecule has 44 heavy (non-hydrogen) atoms. The highest BCUT2D eigenvalue weighted by Crippen LogP contribution is 2.40. The highest BCUT2D eigenvalue weighted by atomic mass is 28.3. The third kappa shape index (κ3) is 4.27. The van der Waals surface area contributed by atoms with E-state index in [0.717, 1.165) is 44.9 Å². The normalized spacial score (nSPS) is 12.9. The molecular weight excluding hydrogens is 553 g/mol. The molecule has 0 fully saturated rings. The molecule has 3 nitrogen and oxygen atoms in total. The summed E-state index contributed by atoms with van der Waals surface area (Å²) in [5.74, 6) is 1.84. The Labute approximate surface area is 258 Å². The fourth-order valence-electron chi connectivity index (χ4n) is 6.64. The molecule has 1 aliphatic heterocycles. The van der Waals surface area contributed by atoms with Gasteiger partial charge in [-0.3, -0.25) is 9.97 Å². The van der Waals surface area contributed by atoms with Gasteiger partial charge < -0.3 is 4.74 Å². The van der Waals surface area contributed by atoms with Crippen LogP contribution >= 0.6 is 0 Å². The van der Waals surface area contributed by atoms with Crippen LogP contribution in [0.25, 0.3) is 33.4 Å². The van der Waals surface area contributed by atoms with Crippen LogP contribution in [-0.2, 0) is 0 Å². The summed E-state index contributed by atoms with van der Waals surface area (Å²) in [5.41, 5.74) is 6.47. The molecule has 0 spiro atoms. The Balaban J connectivity index is 1.44. The Bertz CT molecular complexity index is 1980. The van der Waals surface area contributed by atoms with Crippen molar-refractivity contribution in [1.82, 2.24) is 9.97 Å². The van der Waals surface area contributed by atoms with Crippen LogP contribution in [0, 0.1) is 0 Å². The number of hydrogen-bond acceptors (Lipinski definition) is 3. The molecule has 3 heterocycles. The number of ether oxygens (including phenoxy) is 1. The number of hydrogen-bond donors (Lipinski definition) is 0. The van der Waals surface area contributed by atoms with Gasteiger partial charge in [-0.05, 0) is 73.8 Å². The maximum absolute atomic E-state index is 6.96. The zero-order chi connectivity index (χ0) is 29.3. The zero-order valence-electron chi connectivity index (χ0n) is 24.0. The van der Waals surface area contributed by atoms with Gasteiger partial charge >= 0.3 is 0 Å². The minimum absolute atomic E-state index is 0.919. The third-order valence-corrected chi connectivity index (χ3v) is 13.4. The summed E-state index contributed by atoms with van der Waals surface area (Å²) in [4.78, 5) is 8.83. The van der Waals surface area contributed by atoms with Crippen LogP contribution in [0.15, 0.2) is 170 Å². The van der Waals surface area contributed by atoms with Crippen molar-refractivity contribution in [1.29, 1.82) is 0 Å². The summed E-state index contributed by atoms with van der Waals surface area (Å²) in [7, 11) is -2.74. The number of pyridine rings is 2. The van der Waals surface area contributed by atoms with Gasteiger partial charge in [-0.1, -0.05) is 109 Å². The number of aromatic nitrogens is 2. The van der Waals surface area contributed by atoms with E-state index >= 15 is 0 Å². The van der Waals surface area contributed by atoms with Crippen LogP contribution < -0.4 is 25.5 Å². The minimum atomic E-state index is -2.74. The summed E-state index contributed by atoms with van der Waals surface area (Å²) >= 11 is 0. The highest BCUT2D eigenvalue weighted by Gasteiger charge is 2.48. The Morgan fingerprint density at radius 1 is 0.432 bits per heavy atom. The van der Waals surface area contributed by atoms with Crippen molar-refractivity contribution < 1.29 is 4.74 Å². The quantitative estimate of drug-likeness (QED) is 0.207. The summed E-state index contributed by atoms with van der Waals surface area (Å²) in [6.07, 6.45) is 7.46. The molecule has 0 bridgehead atoms. The van der Waals surface area contributed by atoms with Gasteiger partial charge in [0.05, 0.1) is 0 Å². The largest absolute Gasteiger partial charge is 0.457 e. The minimum Gasteiger partial charge on any atom is -0.457 e. The van der Waals surface area contributed by atoms with Crippen molar-refractivity contribution in [3.8, 4) is 44.9 Å². The fourth-order valence-corrected chi connectivity index (χ4v) is 11.6. The molecule has 0 atom stereocenters. The van der Waals surface area contributed by atoms with E-state index in [0.29, 0.717) is 0 Å². The second-order valence-corrected chi connectivity index (χ2v) is 14.8. The topological polar surface area (TPSA) is 35.0 Å². The first kappa shape index (κ1) is 26.1. The first-order valence-electron chi connectivity index (χ1n) is 14.8. The Morgan fingerprint density at radius 2 is 0.977 bits per heavy atom. The molecule has 0 unspecified atom stereocenters. The monoisotopic (exact) mass is 580 g/mol. The van der Waals surface area contributed by atoms with Crippen molar-refractivity contribution >= 4 is 28.8 Å². The average molecular weight is 581 g/mol. The van der Waals surface area contributed by atoms with Crippen molar-refractivity contribution in [2.24, 2.45) is 0 Å². The van der Waals surface area contributed by atoms with Gasteiger partial charge in [-0.25, -0.2) is 0 Å². The van der Waals surface area contributed by atoms with Crippen LogP contribution in [-0.4, -0.2) is 18.0 Å². The predicted molar refractivity (Wildman–Crippen MR) is 182 cm³/mol. The molecule has 208 valence electrons. The fraction of sp³-hybridized carbons (Fsp3) is 0. The van der Waals surface area contributed by atoms with Gasteiger partial charge in [0.1, 0.15) is 11.5 Å². The lowest BCUT2D eigenvalue weighted by atomic mass is 9.94. The van der Waals surface area contributed by atoms with Gasteiger partial charge in [0, 0.05) is 41.5 Å². The highest BCUT2D eigenvalue weighted by molar-refractivity contribution is 7.20. The van der Waals surface area contributed by atoms with E-state index in [1.54, 1.807) is 0 Å². The Hall–Kier alpha value is -5.58. The molecular formula is C40H28N2OSi. The molecule has 0 saturated carbocycles. The van der Waals surface area contributed by atoms with Crippen molar-refractivity contribution in [3.63, 3.8) is 0 Å². The molecule has 0 amide bonds. The predicted octanol–water partition coefficient (Wildman–Crippen LogP) is 6.96. The van der Waals surface area contributed by atoms with E-state index in [1.807, 2.05) is 36.9 Å². The average Bonchev–Trinajstić information content (AvgIpc) is 3.11. The lowest BCUT2D eigenvalue weighted by molar-refractivity contribution is 0.489. The van der Waals surface area contributed by atoms with Gasteiger partial charge in [0.25, 0.3) is 0 Å². The summed E-state index contributed by atoms with van der Waals surface area (Å²) in [5, 5.41) is 5.18. The summed E-state index contributed by atoms with van der Waals surface area (Å²) in [6, 6.07) is 52.2. The number of nitrogens with zero attached hydrogens (tertiary/aromatic N) is 2. The number of fused-ring (bicyclic) bond motifs is 2. The molecule has 8 rings (SSSR count). The van der Waals surface area contributed by atoms with E-state index in [9.17, 15) is 0 Å². The zero-order valence-corrected chi connectivity index (χ0v) is 25.0. The summed E-state index contributed by atoms with van der Waals surface area (Å²) < 4.78 is 6.96. The van der Waals surface area contributed by atoms with E-state index in [1.165, 1.54) is 20.7 Å². The lowest BCUT2D eigenvalue weighted by Crippen LogP contribution is -2.76. The van der Waals surface area contributed by atoms with Crippen molar-refractivity contribution in [3.05, 3.63) is 170 Å². The standard InChI is InChI=1S/C40H28N2OSi/c1-3-14-34(15-4-1)44(35-16-5-2-6-17-35)38-20-8-7-19-37(38)43-40-36(18-9-21-39(40)44)33-25-31(29-12-10-22-41-27-29)24-32(26-33)30-13-11-23-42-28-30/h1-28H. The maximum Gasteiger partial charge on any atom is 0.188 e. The van der Waals surface area contributed by atoms with Crippen LogP contribution in [0.2, 0.25) is 0 Å². The van der Waals surface area contributed by atoms with Gasteiger partial charge in [-0.2, -0.15) is 0 Å². The molecule has 7 aromatic rings. The van der Waals surface area contributed by atoms with Crippen molar-refractivity contribution in [2.45, 2.75) is 0 Å². The Kier molecular flexibility index (Phi) is 6.47. The molecule has 1 aliphatic rings. The maximum atomic E-state index is 6.96. The smallest absolute Gasteiger partial charge is 0.188 e. The van der Waals surface area contributed by atoms with E-state index < -0.39 is 8.07 Å². The second-order valence-electron chi connectivity index (χ2n) is 11.0.